The average molecular weight is 1240 g/mol. The molecule has 0 bridgehead atoms. The van der Waals surface area contributed by atoms with Crippen LogP contribution in [-0.2, 0) is 27.9 Å². The maximum atomic E-state index is 13.6. The Morgan fingerprint density at radius 3 is 1.07 bits per heavy atom. The highest BCUT2D eigenvalue weighted by molar-refractivity contribution is 7.45. The predicted octanol–water partition coefficient (Wildman–Crippen LogP) is 23.0. The van der Waals surface area contributed by atoms with Crippen LogP contribution in [0.4, 0.5) is 0 Å². The van der Waals surface area contributed by atoms with Crippen molar-refractivity contribution in [2.75, 3.05) is 40.9 Å². The fraction of sp³-hybridized carbons (Fsp3) is 0.792. The van der Waals surface area contributed by atoms with Gasteiger partial charge in [-0.2, -0.15) is 0 Å². The molecule has 87 heavy (non-hydrogen) atoms. The molecule has 1 N–H and O–H groups in total. The minimum atomic E-state index is -4.71. The molecule has 9 nitrogen and oxygen atoms in total. The Morgan fingerprint density at radius 1 is 0.402 bits per heavy atom. The lowest BCUT2D eigenvalue weighted by Gasteiger charge is -2.30. The van der Waals surface area contributed by atoms with Gasteiger partial charge in [-0.1, -0.05) is 305 Å². The van der Waals surface area contributed by atoms with Crippen molar-refractivity contribution in [1.82, 2.24) is 5.32 Å². The summed E-state index contributed by atoms with van der Waals surface area (Å²) >= 11 is 0. The van der Waals surface area contributed by atoms with Gasteiger partial charge in [-0.25, -0.2) is 0 Å². The number of hydrogen-bond acceptors (Lipinski definition) is 7. The molecule has 3 unspecified atom stereocenters. The number of phosphoric ester groups is 1. The fourth-order valence-electron chi connectivity index (χ4n) is 10.6. The molecule has 0 rings (SSSR count). The highest BCUT2D eigenvalue weighted by Gasteiger charge is 2.27. The number of esters is 1. The SMILES string of the molecule is CCCCC/C=C\C/C=C\C/C=C\CCCCCCCCCCCCCCCCC(=O)NC(COP(=O)([O-])OCC[N+](C)(C)C)C(/C=C\CCCCCCCCCCC)OC(=O)CCCCCCCCCCCC/C=C\C/C=C\C/C=C\CCCCC. The molecule has 0 aromatic rings. The summed E-state index contributed by atoms with van der Waals surface area (Å²) in [4.78, 5) is 40.2. The number of nitrogens with zero attached hydrogens (tertiary/aromatic N) is 1. The summed E-state index contributed by atoms with van der Waals surface area (Å²) in [5.41, 5.74) is 0. The van der Waals surface area contributed by atoms with Crippen molar-refractivity contribution < 1.29 is 37.3 Å². The number of unbranched alkanes of at least 4 members (excludes halogenated alkanes) is 39. The molecule has 0 fully saturated rings. The van der Waals surface area contributed by atoms with E-state index in [2.05, 4.69) is 99.0 Å². The third-order valence-corrected chi connectivity index (χ3v) is 17.3. The standard InChI is InChI=1S/C77H141N2O7P/c1-7-10-13-16-19-22-25-27-29-31-33-35-37-38-39-40-42-43-45-47-49-51-54-57-60-63-66-69-76(80)78-74(73-85-87(82,83)84-72-71-79(4,5)6)75(68-65-62-59-56-53-24-21-18-15-12-9-3)86-77(81)70-67-64-61-58-55-52-50-48-46-44-41-36-34-32-30-28-26-23-20-17-14-11-8-2/h19-20,22-23,27-30,33-36,65,68,74-75H,7-18,21,24-26,31-32,37-64,66-67,69-73H2,1-6H3,(H-,78,80,82,83)/b22-19-,23-20-,29-27-,30-28-,35-33-,36-34-,68-65-. The van der Waals surface area contributed by atoms with Gasteiger partial charge in [-0.15, -0.1) is 0 Å². The summed E-state index contributed by atoms with van der Waals surface area (Å²) in [6, 6.07) is -0.894. The first-order chi connectivity index (χ1) is 42.4. The Hall–Kier alpha value is -2.81. The van der Waals surface area contributed by atoms with Gasteiger partial charge in [0.2, 0.25) is 5.91 Å². The molecule has 0 radical (unpaired) electrons. The third kappa shape index (κ3) is 67.4. The number of nitrogens with one attached hydrogen (secondary N) is 1. The normalized spacial score (nSPS) is 14.0. The number of amides is 1. The number of carbonyl (C=O) groups excluding carboxylic acids is 2. The Kier molecular flexibility index (Phi) is 64.0. The van der Waals surface area contributed by atoms with Crippen LogP contribution in [0.3, 0.4) is 0 Å². The second-order valence-electron chi connectivity index (χ2n) is 26.1. The third-order valence-electron chi connectivity index (χ3n) is 16.3. The van der Waals surface area contributed by atoms with E-state index >= 15 is 0 Å². The van der Waals surface area contributed by atoms with Gasteiger partial charge < -0.3 is 28.5 Å². The van der Waals surface area contributed by atoms with E-state index in [1.807, 2.05) is 33.3 Å². The van der Waals surface area contributed by atoms with Gasteiger partial charge >= 0.3 is 5.97 Å². The first kappa shape index (κ1) is 84.2. The maximum absolute atomic E-state index is 13.6. The van der Waals surface area contributed by atoms with E-state index in [9.17, 15) is 19.0 Å². The van der Waals surface area contributed by atoms with Crippen LogP contribution in [0, 0.1) is 0 Å². The van der Waals surface area contributed by atoms with Crippen molar-refractivity contribution in [3.05, 3.63) is 85.1 Å². The van der Waals surface area contributed by atoms with E-state index in [1.165, 1.54) is 218 Å². The first-order valence-electron chi connectivity index (χ1n) is 36.9. The lowest BCUT2D eigenvalue weighted by atomic mass is 10.0. The topological polar surface area (TPSA) is 114 Å². The number of carbonyl (C=O) groups is 2. The molecule has 0 aliphatic rings. The predicted molar refractivity (Wildman–Crippen MR) is 376 cm³/mol. The summed E-state index contributed by atoms with van der Waals surface area (Å²) in [6.07, 6.45) is 88.5. The van der Waals surface area contributed by atoms with Crippen molar-refractivity contribution >= 4 is 19.7 Å². The van der Waals surface area contributed by atoms with Crippen LogP contribution in [0.5, 0.6) is 0 Å². The second-order valence-corrected chi connectivity index (χ2v) is 27.5. The lowest BCUT2D eigenvalue weighted by Crippen LogP contribution is -2.47. The highest BCUT2D eigenvalue weighted by Crippen LogP contribution is 2.38. The van der Waals surface area contributed by atoms with Crippen molar-refractivity contribution in [2.24, 2.45) is 0 Å². The van der Waals surface area contributed by atoms with E-state index in [-0.39, 0.29) is 24.9 Å². The van der Waals surface area contributed by atoms with Gasteiger partial charge in [-0.05, 0) is 109 Å². The zero-order valence-corrected chi connectivity index (χ0v) is 58.9. The number of hydrogen-bond donors (Lipinski definition) is 1. The molecule has 0 aliphatic carbocycles. The Bertz CT molecular complexity index is 1760. The molecule has 506 valence electrons. The van der Waals surface area contributed by atoms with Crippen molar-refractivity contribution in [3.8, 4) is 0 Å². The van der Waals surface area contributed by atoms with E-state index in [0.717, 1.165) is 89.9 Å². The first-order valence-corrected chi connectivity index (χ1v) is 38.4. The van der Waals surface area contributed by atoms with Gasteiger partial charge in [0, 0.05) is 12.8 Å². The van der Waals surface area contributed by atoms with Gasteiger partial charge in [0.1, 0.15) is 19.3 Å². The summed E-state index contributed by atoms with van der Waals surface area (Å²) < 4.78 is 30.5. The van der Waals surface area contributed by atoms with Crippen molar-refractivity contribution in [2.45, 2.75) is 354 Å². The molecule has 0 heterocycles. The Labute approximate surface area is 539 Å². The van der Waals surface area contributed by atoms with Crippen LogP contribution < -0.4 is 10.2 Å². The Morgan fingerprint density at radius 2 is 0.701 bits per heavy atom. The zero-order chi connectivity index (χ0) is 63.5. The van der Waals surface area contributed by atoms with Gasteiger partial charge in [-0.3, -0.25) is 14.2 Å². The maximum Gasteiger partial charge on any atom is 0.306 e. The molecule has 0 saturated carbocycles. The smallest absolute Gasteiger partial charge is 0.306 e. The fourth-order valence-corrected chi connectivity index (χ4v) is 11.3. The minimum Gasteiger partial charge on any atom is -0.756 e. The molecule has 10 heteroatoms. The summed E-state index contributed by atoms with van der Waals surface area (Å²) in [7, 11) is 1.18. The zero-order valence-electron chi connectivity index (χ0n) is 58.0. The second kappa shape index (κ2) is 66.1. The highest BCUT2D eigenvalue weighted by atomic mass is 31.2. The van der Waals surface area contributed by atoms with E-state index < -0.39 is 26.6 Å². The molecular formula is C77H141N2O7P. The van der Waals surface area contributed by atoms with Gasteiger partial charge in [0.15, 0.2) is 0 Å². The quantitative estimate of drug-likeness (QED) is 0.0212. The van der Waals surface area contributed by atoms with E-state index in [0.29, 0.717) is 17.4 Å². The van der Waals surface area contributed by atoms with Crippen LogP contribution in [0.15, 0.2) is 85.1 Å². The molecule has 1 amide bonds. The monoisotopic (exact) mass is 1240 g/mol. The number of phosphoric acid groups is 1. The summed E-state index contributed by atoms with van der Waals surface area (Å²) in [6.45, 7) is 6.81. The van der Waals surface area contributed by atoms with Crippen LogP contribution >= 0.6 is 7.82 Å². The minimum absolute atomic E-state index is 0.0248. The molecular weight excluding hydrogens is 1100 g/mol. The Balaban J connectivity index is 4.97. The molecule has 0 aliphatic heterocycles. The van der Waals surface area contributed by atoms with E-state index in [1.54, 1.807) is 0 Å². The van der Waals surface area contributed by atoms with Crippen LogP contribution in [0.1, 0.15) is 342 Å². The van der Waals surface area contributed by atoms with Gasteiger partial charge in [0.25, 0.3) is 7.82 Å². The molecule has 0 aromatic heterocycles. The molecule has 0 aromatic carbocycles. The summed E-state index contributed by atoms with van der Waals surface area (Å²) in [5, 5.41) is 3.05. The van der Waals surface area contributed by atoms with Crippen LogP contribution in [0.2, 0.25) is 0 Å². The number of quaternary nitrogens is 1. The van der Waals surface area contributed by atoms with Crippen molar-refractivity contribution in [3.63, 3.8) is 0 Å². The van der Waals surface area contributed by atoms with Crippen LogP contribution in [-0.4, -0.2) is 69.4 Å². The summed E-state index contributed by atoms with van der Waals surface area (Å²) in [5.74, 6) is -0.538. The number of likely N-dealkylation sites (N-methyl/N-ethyl adjacent to an activating group) is 1. The number of allylic oxidation sites excluding steroid dienone is 13. The number of rotatable bonds is 67. The molecule has 0 saturated heterocycles. The lowest BCUT2D eigenvalue weighted by molar-refractivity contribution is -0.870. The van der Waals surface area contributed by atoms with Gasteiger partial charge in [0.05, 0.1) is 33.8 Å². The van der Waals surface area contributed by atoms with E-state index in [4.69, 9.17) is 13.8 Å². The average Bonchev–Trinajstić information content (AvgIpc) is 3.70. The molecule has 0 spiro atoms. The van der Waals surface area contributed by atoms with Crippen LogP contribution in [0.25, 0.3) is 0 Å². The number of ether oxygens (including phenoxy) is 1. The molecule has 3 atom stereocenters. The van der Waals surface area contributed by atoms with Crippen molar-refractivity contribution in [1.29, 1.82) is 0 Å². The largest absolute Gasteiger partial charge is 0.756 e.